The second kappa shape index (κ2) is 5.56. The topological polar surface area (TPSA) is 93.6 Å². The number of halogens is 1. The zero-order valence-electron chi connectivity index (χ0n) is 10.5. The molecule has 0 saturated carbocycles. The van der Waals surface area contributed by atoms with E-state index in [4.69, 9.17) is 10.3 Å². The maximum Gasteiger partial charge on any atom is 0.244 e. The van der Waals surface area contributed by atoms with E-state index in [-0.39, 0.29) is 6.04 Å². The maximum absolute atomic E-state index is 6.06. The minimum atomic E-state index is -0.362. The van der Waals surface area contributed by atoms with Gasteiger partial charge in [-0.25, -0.2) is 4.98 Å². The van der Waals surface area contributed by atoms with Crippen LogP contribution in [-0.4, -0.2) is 20.1 Å². The van der Waals surface area contributed by atoms with Crippen molar-refractivity contribution in [1.82, 2.24) is 20.1 Å². The largest absolute Gasteiger partial charge is 0.348 e. The third kappa shape index (κ3) is 2.63. The lowest BCUT2D eigenvalue weighted by molar-refractivity contribution is 0.354. The SMILES string of the molecule is N[C@@H](Cc1cnc[nH]1)c1nc(-c2ccccc2Br)no1. The van der Waals surface area contributed by atoms with Gasteiger partial charge in [0, 0.05) is 28.3 Å². The van der Waals surface area contributed by atoms with Gasteiger partial charge in [-0.1, -0.05) is 33.2 Å². The third-order valence-corrected chi connectivity index (χ3v) is 3.56. The van der Waals surface area contributed by atoms with E-state index in [0.717, 1.165) is 15.7 Å². The lowest BCUT2D eigenvalue weighted by atomic mass is 10.2. The Morgan fingerprint density at radius 2 is 2.20 bits per heavy atom. The van der Waals surface area contributed by atoms with Gasteiger partial charge in [0.05, 0.1) is 12.4 Å². The molecule has 2 aromatic heterocycles. The molecule has 0 aliphatic heterocycles. The normalized spacial score (nSPS) is 12.5. The molecule has 0 aliphatic carbocycles. The molecule has 2 heterocycles. The summed E-state index contributed by atoms with van der Waals surface area (Å²) < 4.78 is 6.15. The summed E-state index contributed by atoms with van der Waals surface area (Å²) in [6.07, 6.45) is 3.91. The molecule has 3 N–H and O–H groups in total. The molecule has 0 saturated heterocycles. The predicted octanol–water partition coefficient (Wildman–Crippen LogP) is 2.46. The van der Waals surface area contributed by atoms with Crippen LogP contribution in [-0.2, 0) is 6.42 Å². The Morgan fingerprint density at radius 3 is 2.95 bits per heavy atom. The van der Waals surface area contributed by atoms with Crippen molar-refractivity contribution in [3.63, 3.8) is 0 Å². The van der Waals surface area contributed by atoms with Crippen molar-refractivity contribution in [2.24, 2.45) is 5.73 Å². The fourth-order valence-electron chi connectivity index (χ4n) is 1.86. The van der Waals surface area contributed by atoms with Crippen LogP contribution < -0.4 is 5.73 Å². The number of rotatable bonds is 4. The number of imidazole rings is 1. The molecule has 3 aromatic rings. The van der Waals surface area contributed by atoms with Crippen molar-refractivity contribution >= 4 is 15.9 Å². The zero-order valence-corrected chi connectivity index (χ0v) is 12.0. The van der Waals surface area contributed by atoms with Crippen LogP contribution in [0, 0.1) is 0 Å². The van der Waals surface area contributed by atoms with Crippen LogP contribution in [0.3, 0.4) is 0 Å². The molecule has 1 aromatic carbocycles. The minimum Gasteiger partial charge on any atom is -0.348 e. The Morgan fingerprint density at radius 1 is 1.35 bits per heavy atom. The van der Waals surface area contributed by atoms with Gasteiger partial charge in [-0.15, -0.1) is 0 Å². The molecule has 0 amide bonds. The summed E-state index contributed by atoms with van der Waals surface area (Å²) in [6, 6.07) is 7.33. The third-order valence-electron chi connectivity index (χ3n) is 2.87. The van der Waals surface area contributed by atoms with Crippen molar-refractivity contribution in [1.29, 1.82) is 0 Å². The number of aromatic nitrogens is 4. The first-order valence-electron chi connectivity index (χ1n) is 6.05. The lowest BCUT2D eigenvalue weighted by Gasteiger charge is -2.03. The van der Waals surface area contributed by atoms with E-state index < -0.39 is 0 Å². The molecule has 20 heavy (non-hydrogen) atoms. The molecule has 0 fully saturated rings. The molecule has 0 spiro atoms. The van der Waals surface area contributed by atoms with E-state index in [1.165, 1.54) is 0 Å². The molecule has 0 aliphatic rings. The summed E-state index contributed by atoms with van der Waals surface area (Å²) in [4.78, 5) is 11.3. The average molecular weight is 334 g/mol. The lowest BCUT2D eigenvalue weighted by Crippen LogP contribution is -2.14. The molecular formula is C13H12BrN5O. The van der Waals surface area contributed by atoms with E-state index >= 15 is 0 Å². The van der Waals surface area contributed by atoms with E-state index in [1.54, 1.807) is 12.5 Å². The van der Waals surface area contributed by atoms with Crippen LogP contribution in [0.1, 0.15) is 17.6 Å². The Hall–Kier alpha value is -1.99. The van der Waals surface area contributed by atoms with Crippen molar-refractivity contribution in [2.75, 3.05) is 0 Å². The smallest absolute Gasteiger partial charge is 0.244 e. The number of aromatic amines is 1. The number of nitrogens with two attached hydrogens (primary N) is 1. The number of hydrogen-bond donors (Lipinski definition) is 2. The van der Waals surface area contributed by atoms with E-state index in [0.29, 0.717) is 18.1 Å². The van der Waals surface area contributed by atoms with E-state index in [1.807, 2.05) is 24.3 Å². The van der Waals surface area contributed by atoms with Gasteiger partial charge in [0.1, 0.15) is 0 Å². The highest BCUT2D eigenvalue weighted by Gasteiger charge is 2.17. The maximum atomic E-state index is 6.06. The van der Waals surface area contributed by atoms with E-state index in [2.05, 4.69) is 36.0 Å². The van der Waals surface area contributed by atoms with Crippen LogP contribution in [0.4, 0.5) is 0 Å². The Kier molecular flexibility index (Phi) is 3.62. The fraction of sp³-hybridized carbons (Fsp3) is 0.154. The molecule has 0 radical (unpaired) electrons. The van der Waals surface area contributed by atoms with Crippen LogP contribution in [0.25, 0.3) is 11.4 Å². The first-order valence-corrected chi connectivity index (χ1v) is 6.84. The van der Waals surface area contributed by atoms with Crippen LogP contribution >= 0.6 is 15.9 Å². The summed E-state index contributed by atoms with van der Waals surface area (Å²) in [5.74, 6) is 0.929. The summed E-state index contributed by atoms with van der Waals surface area (Å²) in [5, 5.41) is 3.98. The highest BCUT2D eigenvalue weighted by Crippen LogP contribution is 2.26. The second-order valence-corrected chi connectivity index (χ2v) is 5.18. The predicted molar refractivity (Wildman–Crippen MR) is 76.7 cm³/mol. The molecule has 0 bridgehead atoms. The molecule has 3 rings (SSSR count). The van der Waals surface area contributed by atoms with Gasteiger partial charge >= 0.3 is 0 Å². The molecule has 6 nitrogen and oxygen atoms in total. The number of H-pyrrole nitrogens is 1. The summed E-state index contributed by atoms with van der Waals surface area (Å²) in [6.45, 7) is 0. The molecular weight excluding hydrogens is 322 g/mol. The summed E-state index contributed by atoms with van der Waals surface area (Å²) in [7, 11) is 0. The second-order valence-electron chi connectivity index (χ2n) is 4.32. The van der Waals surface area contributed by atoms with Crippen LogP contribution in [0.2, 0.25) is 0 Å². The number of nitrogens with zero attached hydrogens (tertiary/aromatic N) is 3. The van der Waals surface area contributed by atoms with Crippen LogP contribution in [0.15, 0.2) is 45.8 Å². The first kappa shape index (κ1) is 13.0. The van der Waals surface area contributed by atoms with Crippen molar-refractivity contribution < 1.29 is 4.52 Å². The molecule has 7 heteroatoms. The summed E-state index contributed by atoms with van der Waals surface area (Å²) >= 11 is 3.46. The quantitative estimate of drug-likeness (QED) is 0.764. The van der Waals surface area contributed by atoms with Gasteiger partial charge in [0.2, 0.25) is 11.7 Å². The van der Waals surface area contributed by atoms with Gasteiger partial charge in [-0.2, -0.15) is 4.98 Å². The zero-order chi connectivity index (χ0) is 13.9. The highest BCUT2D eigenvalue weighted by molar-refractivity contribution is 9.10. The van der Waals surface area contributed by atoms with Gasteiger partial charge in [0.15, 0.2) is 0 Å². The van der Waals surface area contributed by atoms with Gasteiger partial charge in [-0.05, 0) is 12.1 Å². The standard InChI is InChI=1S/C13H12BrN5O/c14-10-4-2-1-3-9(10)12-18-13(20-19-12)11(15)5-8-6-16-7-17-8/h1-4,6-7,11H,5,15H2,(H,16,17)/t11-/m0/s1. The van der Waals surface area contributed by atoms with Gasteiger partial charge < -0.3 is 15.2 Å². The van der Waals surface area contributed by atoms with Crippen molar-refractivity contribution in [2.45, 2.75) is 12.5 Å². The number of benzene rings is 1. The van der Waals surface area contributed by atoms with Crippen molar-refractivity contribution in [3.8, 4) is 11.4 Å². The minimum absolute atomic E-state index is 0.362. The van der Waals surface area contributed by atoms with Gasteiger partial charge in [-0.3, -0.25) is 0 Å². The molecule has 102 valence electrons. The number of hydrogen-bond acceptors (Lipinski definition) is 5. The molecule has 0 unspecified atom stereocenters. The Labute approximate surface area is 123 Å². The monoisotopic (exact) mass is 333 g/mol. The van der Waals surface area contributed by atoms with E-state index in [9.17, 15) is 0 Å². The van der Waals surface area contributed by atoms with Gasteiger partial charge in [0.25, 0.3) is 0 Å². The Bertz CT molecular complexity index is 694. The summed E-state index contributed by atoms with van der Waals surface area (Å²) in [5.41, 5.74) is 7.86. The van der Waals surface area contributed by atoms with Crippen molar-refractivity contribution in [3.05, 3.63) is 52.8 Å². The molecule has 1 atom stereocenters. The average Bonchev–Trinajstić information content (AvgIpc) is 3.10. The Balaban J connectivity index is 1.81. The highest BCUT2D eigenvalue weighted by atomic mass is 79.9. The fourth-order valence-corrected chi connectivity index (χ4v) is 2.32. The van der Waals surface area contributed by atoms with Crippen LogP contribution in [0.5, 0.6) is 0 Å². The number of nitrogens with one attached hydrogen (secondary N) is 1. The first-order chi connectivity index (χ1) is 9.74.